The van der Waals surface area contributed by atoms with Crippen LogP contribution in [0.15, 0.2) is 0 Å². The Kier molecular flexibility index (Phi) is 8.72. The van der Waals surface area contributed by atoms with E-state index in [2.05, 4.69) is 12.2 Å². The number of nitrogens with one attached hydrogen (secondary N) is 1. The van der Waals surface area contributed by atoms with Gasteiger partial charge in [-0.2, -0.15) is 0 Å². The van der Waals surface area contributed by atoms with E-state index in [9.17, 15) is 14.4 Å². The SMILES string of the molecule is CCCCC1CC(C(=O)NC[C@H]2CCCN2C(=O)[C@@H](CC(=O)CC)C(C)(C)C)C1. The van der Waals surface area contributed by atoms with E-state index in [1.54, 1.807) is 0 Å². The van der Waals surface area contributed by atoms with Crippen LogP contribution >= 0.6 is 0 Å². The van der Waals surface area contributed by atoms with E-state index < -0.39 is 0 Å². The molecular formula is C24H42N2O3. The quantitative estimate of drug-likeness (QED) is 0.587. The summed E-state index contributed by atoms with van der Waals surface area (Å²) in [6.07, 6.45) is 8.44. The van der Waals surface area contributed by atoms with Crippen molar-refractivity contribution in [2.45, 2.75) is 98.4 Å². The van der Waals surface area contributed by atoms with Crippen molar-refractivity contribution in [2.75, 3.05) is 13.1 Å². The van der Waals surface area contributed by atoms with Crippen molar-refractivity contribution in [1.82, 2.24) is 10.2 Å². The van der Waals surface area contributed by atoms with Gasteiger partial charge in [-0.25, -0.2) is 0 Å². The van der Waals surface area contributed by atoms with Crippen LogP contribution in [0.4, 0.5) is 0 Å². The van der Waals surface area contributed by atoms with Gasteiger partial charge in [-0.3, -0.25) is 14.4 Å². The molecule has 1 heterocycles. The van der Waals surface area contributed by atoms with Gasteiger partial charge in [-0.1, -0.05) is 53.9 Å². The molecule has 1 N–H and O–H groups in total. The summed E-state index contributed by atoms with van der Waals surface area (Å²) in [5.41, 5.74) is -0.252. The third-order valence-corrected chi connectivity index (χ3v) is 6.91. The van der Waals surface area contributed by atoms with Gasteiger partial charge < -0.3 is 10.2 Å². The lowest BCUT2D eigenvalue weighted by atomic mass is 9.72. The molecule has 2 rings (SSSR count). The van der Waals surface area contributed by atoms with Crippen LogP contribution in [-0.2, 0) is 14.4 Å². The van der Waals surface area contributed by atoms with Crippen LogP contribution in [0.25, 0.3) is 0 Å². The standard InChI is InChI=1S/C24H42N2O3/c1-6-8-10-17-13-18(14-17)22(28)25-16-19-11-9-12-26(19)23(29)21(24(3,4)5)15-20(27)7-2/h17-19,21H,6-16H2,1-5H3,(H,25,28)/t17?,18?,19-,21-/m1/s1. The first-order valence-electron chi connectivity index (χ1n) is 11.8. The highest BCUT2D eigenvalue weighted by Crippen LogP contribution is 2.37. The highest BCUT2D eigenvalue weighted by atomic mass is 16.2. The maximum atomic E-state index is 13.3. The molecule has 1 aliphatic carbocycles. The van der Waals surface area contributed by atoms with Crippen molar-refractivity contribution in [3.05, 3.63) is 0 Å². The van der Waals surface area contributed by atoms with Crippen LogP contribution in [0.2, 0.25) is 0 Å². The summed E-state index contributed by atoms with van der Waals surface area (Å²) >= 11 is 0. The summed E-state index contributed by atoms with van der Waals surface area (Å²) < 4.78 is 0. The lowest BCUT2D eigenvalue weighted by molar-refractivity contribution is -0.143. The number of Topliss-reactive ketones (excluding diaryl/α,β-unsaturated/α-hetero) is 1. The summed E-state index contributed by atoms with van der Waals surface area (Å²) in [6.45, 7) is 11.5. The summed E-state index contributed by atoms with van der Waals surface area (Å²) in [5.74, 6) is 0.970. The number of rotatable bonds is 10. The third-order valence-electron chi connectivity index (χ3n) is 6.91. The summed E-state index contributed by atoms with van der Waals surface area (Å²) in [5, 5.41) is 3.12. The minimum absolute atomic E-state index is 0.0593. The van der Waals surface area contributed by atoms with Crippen molar-refractivity contribution >= 4 is 17.6 Å². The van der Waals surface area contributed by atoms with Gasteiger partial charge in [0.15, 0.2) is 0 Å². The van der Waals surface area contributed by atoms with Crippen LogP contribution in [0.1, 0.15) is 92.4 Å². The predicted molar refractivity (Wildman–Crippen MR) is 116 cm³/mol. The van der Waals surface area contributed by atoms with Gasteiger partial charge in [0.25, 0.3) is 0 Å². The Labute approximate surface area is 177 Å². The average Bonchev–Trinajstić information content (AvgIpc) is 3.10. The third kappa shape index (κ3) is 6.55. The molecule has 29 heavy (non-hydrogen) atoms. The van der Waals surface area contributed by atoms with Gasteiger partial charge in [-0.15, -0.1) is 0 Å². The molecule has 1 aliphatic heterocycles. The smallest absolute Gasteiger partial charge is 0.226 e. The number of carbonyl (C=O) groups excluding carboxylic acids is 3. The number of ketones is 1. The highest BCUT2D eigenvalue weighted by Gasteiger charge is 2.40. The molecular weight excluding hydrogens is 364 g/mol. The van der Waals surface area contributed by atoms with E-state index >= 15 is 0 Å². The van der Waals surface area contributed by atoms with Crippen molar-refractivity contribution in [2.24, 2.45) is 23.2 Å². The average molecular weight is 407 g/mol. The fourth-order valence-electron chi connectivity index (χ4n) is 4.72. The second-order valence-corrected chi connectivity index (χ2v) is 10.3. The van der Waals surface area contributed by atoms with E-state index in [1.807, 2.05) is 32.6 Å². The summed E-state index contributed by atoms with van der Waals surface area (Å²) in [6, 6.07) is 0.0593. The Morgan fingerprint density at radius 1 is 1.14 bits per heavy atom. The first-order chi connectivity index (χ1) is 13.7. The predicted octanol–water partition coefficient (Wildman–Crippen LogP) is 4.34. The Hall–Kier alpha value is -1.39. The van der Waals surface area contributed by atoms with Crippen molar-refractivity contribution in [3.63, 3.8) is 0 Å². The molecule has 166 valence electrons. The Morgan fingerprint density at radius 3 is 2.41 bits per heavy atom. The number of amides is 2. The van der Waals surface area contributed by atoms with Crippen molar-refractivity contribution in [1.29, 1.82) is 0 Å². The molecule has 0 aromatic rings. The van der Waals surface area contributed by atoms with Gasteiger partial charge in [-0.05, 0) is 37.0 Å². The number of hydrogen-bond donors (Lipinski definition) is 1. The zero-order valence-corrected chi connectivity index (χ0v) is 19.3. The van der Waals surface area contributed by atoms with E-state index in [-0.39, 0.29) is 40.9 Å². The minimum Gasteiger partial charge on any atom is -0.354 e. The van der Waals surface area contributed by atoms with Crippen LogP contribution in [0.3, 0.4) is 0 Å². The maximum Gasteiger partial charge on any atom is 0.226 e. The Balaban J connectivity index is 1.87. The molecule has 0 spiro atoms. The lowest BCUT2D eigenvalue weighted by Crippen LogP contribution is -2.49. The molecule has 0 radical (unpaired) electrons. The molecule has 2 aliphatic rings. The highest BCUT2D eigenvalue weighted by molar-refractivity contribution is 5.87. The van der Waals surface area contributed by atoms with Crippen LogP contribution < -0.4 is 5.32 Å². The van der Waals surface area contributed by atoms with E-state index in [1.165, 1.54) is 19.3 Å². The second-order valence-electron chi connectivity index (χ2n) is 10.3. The molecule has 0 bridgehead atoms. The lowest BCUT2D eigenvalue weighted by Gasteiger charge is -2.36. The molecule has 2 fully saturated rings. The number of unbranched alkanes of at least 4 members (excludes halogenated alkanes) is 1. The normalized spacial score (nSPS) is 25.4. The number of carbonyl (C=O) groups is 3. The van der Waals surface area contributed by atoms with Gasteiger partial charge in [0, 0.05) is 43.8 Å². The van der Waals surface area contributed by atoms with Crippen LogP contribution in [0.5, 0.6) is 0 Å². The summed E-state index contributed by atoms with van der Waals surface area (Å²) in [4.78, 5) is 39.8. The molecule has 2 amide bonds. The van der Waals surface area contributed by atoms with E-state index in [0.29, 0.717) is 19.4 Å². The van der Waals surface area contributed by atoms with Crippen molar-refractivity contribution < 1.29 is 14.4 Å². The van der Waals surface area contributed by atoms with Gasteiger partial charge >= 0.3 is 0 Å². The minimum atomic E-state index is -0.294. The van der Waals surface area contributed by atoms with Gasteiger partial charge in [0.1, 0.15) is 5.78 Å². The van der Waals surface area contributed by atoms with Crippen molar-refractivity contribution in [3.8, 4) is 0 Å². The zero-order chi connectivity index (χ0) is 21.6. The Morgan fingerprint density at radius 2 is 1.83 bits per heavy atom. The molecule has 1 saturated carbocycles. The number of likely N-dealkylation sites (tertiary alicyclic amines) is 1. The molecule has 2 atom stereocenters. The topological polar surface area (TPSA) is 66.5 Å². The second kappa shape index (κ2) is 10.6. The molecule has 0 aromatic heterocycles. The first kappa shape index (κ1) is 23.9. The van der Waals surface area contributed by atoms with E-state index in [4.69, 9.17) is 0 Å². The van der Waals surface area contributed by atoms with Gasteiger partial charge in [0.2, 0.25) is 11.8 Å². The maximum absolute atomic E-state index is 13.3. The molecule has 5 nitrogen and oxygen atoms in total. The fraction of sp³-hybridized carbons (Fsp3) is 0.875. The fourth-order valence-corrected chi connectivity index (χ4v) is 4.72. The molecule has 5 heteroatoms. The largest absolute Gasteiger partial charge is 0.354 e. The summed E-state index contributed by atoms with van der Waals surface area (Å²) in [7, 11) is 0. The van der Waals surface area contributed by atoms with Gasteiger partial charge in [0.05, 0.1) is 0 Å². The van der Waals surface area contributed by atoms with E-state index in [0.717, 1.165) is 38.1 Å². The number of hydrogen-bond acceptors (Lipinski definition) is 3. The molecule has 0 aromatic carbocycles. The van der Waals surface area contributed by atoms with Crippen LogP contribution in [0, 0.1) is 23.2 Å². The molecule has 0 unspecified atom stereocenters. The molecule has 1 saturated heterocycles. The zero-order valence-electron chi connectivity index (χ0n) is 19.3. The monoisotopic (exact) mass is 406 g/mol. The van der Waals surface area contributed by atoms with Crippen LogP contribution in [-0.4, -0.2) is 41.6 Å². The Bertz CT molecular complexity index is 575. The first-order valence-corrected chi connectivity index (χ1v) is 11.8. The number of nitrogens with zero attached hydrogens (tertiary/aromatic N) is 1.